The number of nitrogens with zero attached hydrogens (tertiary/aromatic N) is 1. The molecular formula is C31H45FN2O5. The molecule has 0 bridgehead atoms. The van der Waals surface area contributed by atoms with Gasteiger partial charge in [-0.15, -0.1) is 0 Å². The van der Waals surface area contributed by atoms with E-state index in [0.717, 1.165) is 18.4 Å². The van der Waals surface area contributed by atoms with E-state index < -0.39 is 46.9 Å². The maximum Gasteiger partial charge on any atom is 0.223 e. The fourth-order valence-electron chi connectivity index (χ4n) is 5.40. The van der Waals surface area contributed by atoms with Gasteiger partial charge >= 0.3 is 0 Å². The van der Waals surface area contributed by atoms with Crippen LogP contribution in [0.3, 0.4) is 0 Å². The van der Waals surface area contributed by atoms with Gasteiger partial charge in [-0.05, 0) is 64.2 Å². The number of aromatic nitrogens is 1. The first-order valence-electron chi connectivity index (χ1n) is 14.0. The molecule has 7 nitrogen and oxygen atoms in total. The number of carbonyl (C=O) groups excluding carboxylic acids is 2. The molecule has 0 aromatic carbocycles. The zero-order valence-corrected chi connectivity index (χ0v) is 24.1. The van der Waals surface area contributed by atoms with Crippen LogP contribution in [0.15, 0.2) is 41.9 Å². The van der Waals surface area contributed by atoms with Crippen molar-refractivity contribution in [3.8, 4) is 0 Å². The van der Waals surface area contributed by atoms with Crippen molar-refractivity contribution in [2.24, 2.45) is 17.3 Å². The Labute approximate surface area is 231 Å². The minimum atomic E-state index is -1.32. The molecule has 3 heterocycles. The summed E-state index contributed by atoms with van der Waals surface area (Å²) in [4.78, 5) is 31.0. The van der Waals surface area contributed by atoms with Crippen molar-refractivity contribution in [3.63, 3.8) is 0 Å². The predicted octanol–water partition coefficient (Wildman–Crippen LogP) is 4.92. The molecule has 39 heavy (non-hydrogen) atoms. The van der Waals surface area contributed by atoms with E-state index in [2.05, 4.69) is 10.3 Å². The first-order chi connectivity index (χ1) is 18.2. The Morgan fingerprint density at radius 2 is 1.95 bits per heavy atom. The Morgan fingerprint density at radius 3 is 2.59 bits per heavy atom. The molecule has 2 aliphatic rings. The molecule has 1 aromatic heterocycles. The van der Waals surface area contributed by atoms with Gasteiger partial charge in [-0.2, -0.15) is 0 Å². The zero-order chi connectivity index (χ0) is 29.0. The third kappa shape index (κ3) is 8.05. The molecule has 1 amide bonds. The molecule has 3 rings (SSSR count). The Morgan fingerprint density at radius 1 is 1.23 bits per heavy atom. The number of Topliss-reactive ketones (excluding diaryl/α,β-unsaturated/α-hetero) is 1. The van der Waals surface area contributed by atoms with Crippen molar-refractivity contribution in [1.29, 1.82) is 0 Å². The van der Waals surface area contributed by atoms with Crippen LogP contribution in [0.2, 0.25) is 0 Å². The number of pyridine rings is 1. The maximum absolute atomic E-state index is 15.5. The molecule has 1 aromatic rings. The number of carbonyl (C=O) groups is 2. The van der Waals surface area contributed by atoms with E-state index in [1.807, 2.05) is 33.8 Å². The Hall–Kier alpha value is -2.42. The molecule has 8 heteroatoms. The van der Waals surface area contributed by atoms with Crippen LogP contribution in [0.5, 0.6) is 0 Å². The standard InChI is InChI=1S/C31H45FN2O5/c1-19(2)12-13-22-28(37)20(3)10-9-14-31(6)26(39-31)17-24(23(32)16-21-11-7-8-15-33-21)34-27(36)18-25(35)30(4,5)29(22)38/h7-8,11-12,15-16,20,22,24-26,28,35,37H,9-10,13-14,17-18H2,1-6H3,(H,34,36)/t20-,22+,24-,25-,26?,28+,31?/m0/s1. The molecule has 7 atom stereocenters. The van der Waals surface area contributed by atoms with E-state index in [4.69, 9.17) is 4.74 Å². The fourth-order valence-corrected chi connectivity index (χ4v) is 5.40. The number of rotatable bonds is 4. The number of epoxide rings is 1. The monoisotopic (exact) mass is 544 g/mol. The first-order valence-corrected chi connectivity index (χ1v) is 14.0. The summed E-state index contributed by atoms with van der Waals surface area (Å²) < 4.78 is 21.4. The highest BCUT2D eigenvalue weighted by molar-refractivity contribution is 5.88. The molecule has 2 unspecified atom stereocenters. The minimum absolute atomic E-state index is 0.152. The fraction of sp³-hybridized carbons (Fsp3) is 0.645. The van der Waals surface area contributed by atoms with Gasteiger partial charge in [-0.3, -0.25) is 14.6 Å². The number of amides is 1. The predicted molar refractivity (Wildman–Crippen MR) is 149 cm³/mol. The highest BCUT2D eigenvalue weighted by Crippen LogP contribution is 2.44. The van der Waals surface area contributed by atoms with Crippen molar-refractivity contribution in [2.45, 2.75) is 110 Å². The third-order valence-corrected chi connectivity index (χ3v) is 8.42. The lowest BCUT2D eigenvalue weighted by Crippen LogP contribution is -2.48. The summed E-state index contributed by atoms with van der Waals surface area (Å²) in [5, 5.41) is 25.1. The normalized spacial score (nSPS) is 34.5. The van der Waals surface area contributed by atoms with Crippen LogP contribution in [0, 0.1) is 17.3 Å². The molecular weight excluding hydrogens is 499 g/mol. The number of aliphatic hydroxyl groups is 2. The summed E-state index contributed by atoms with van der Waals surface area (Å²) in [7, 11) is 0. The SMILES string of the molecule is CC(C)=CC[C@H]1C(=O)C(C)(C)[C@@H](O)CC(=O)N[C@H](C(F)=Cc2ccccn2)CC2OC2(C)CCC[C@H](C)[C@H]1O. The second-order valence-corrected chi connectivity index (χ2v) is 12.3. The molecule has 2 aliphatic heterocycles. The Bertz CT molecular complexity index is 1070. The van der Waals surface area contributed by atoms with E-state index in [0.29, 0.717) is 18.5 Å². The number of fused-ring (bicyclic) bond motifs is 1. The summed E-state index contributed by atoms with van der Waals surface area (Å²) in [6.07, 6.45) is 4.73. The van der Waals surface area contributed by atoms with E-state index in [1.54, 1.807) is 38.2 Å². The lowest BCUT2D eigenvalue weighted by atomic mass is 9.71. The van der Waals surface area contributed by atoms with Gasteiger partial charge in [-0.25, -0.2) is 4.39 Å². The third-order valence-electron chi connectivity index (χ3n) is 8.42. The van der Waals surface area contributed by atoms with Crippen molar-refractivity contribution in [3.05, 3.63) is 47.6 Å². The number of ether oxygens (including phenoxy) is 1. The van der Waals surface area contributed by atoms with E-state index in [-0.39, 0.29) is 30.6 Å². The summed E-state index contributed by atoms with van der Waals surface area (Å²) in [6.45, 7) is 11.0. The van der Waals surface area contributed by atoms with Gasteiger partial charge in [0.15, 0.2) is 0 Å². The van der Waals surface area contributed by atoms with Crippen molar-refractivity contribution >= 4 is 17.8 Å². The second-order valence-electron chi connectivity index (χ2n) is 12.3. The van der Waals surface area contributed by atoms with E-state index in [9.17, 15) is 19.8 Å². The van der Waals surface area contributed by atoms with Gasteiger partial charge in [0.1, 0.15) is 11.6 Å². The Balaban J connectivity index is 1.90. The lowest BCUT2D eigenvalue weighted by molar-refractivity contribution is -0.144. The van der Waals surface area contributed by atoms with Crippen LogP contribution in [-0.2, 0) is 14.3 Å². The lowest BCUT2D eigenvalue weighted by Gasteiger charge is -2.36. The van der Waals surface area contributed by atoms with Gasteiger partial charge in [0.25, 0.3) is 0 Å². The van der Waals surface area contributed by atoms with Crippen LogP contribution >= 0.6 is 0 Å². The molecule has 0 saturated carbocycles. The minimum Gasteiger partial charge on any atom is -0.392 e. The topological polar surface area (TPSA) is 112 Å². The number of halogens is 1. The molecule has 216 valence electrons. The number of hydrogen-bond donors (Lipinski definition) is 3. The molecule has 2 fully saturated rings. The van der Waals surface area contributed by atoms with Crippen LogP contribution in [0.25, 0.3) is 6.08 Å². The van der Waals surface area contributed by atoms with Crippen molar-refractivity contribution in [1.82, 2.24) is 10.3 Å². The molecule has 0 aliphatic carbocycles. The Kier molecular flexibility index (Phi) is 10.2. The van der Waals surface area contributed by atoms with Crippen LogP contribution in [0.1, 0.15) is 85.8 Å². The van der Waals surface area contributed by atoms with Crippen LogP contribution < -0.4 is 5.32 Å². The highest BCUT2D eigenvalue weighted by atomic mass is 19.1. The average Bonchev–Trinajstić information content (AvgIpc) is 3.51. The van der Waals surface area contributed by atoms with E-state index in [1.165, 1.54) is 6.08 Å². The van der Waals surface area contributed by atoms with Gasteiger partial charge in [0, 0.05) is 18.5 Å². The zero-order valence-electron chi connectivity index (χ0n) is 24.1. The summed E-state index contributed by atoms with van der Waals surface area (Å²) in [5.41, 5.74) is -0.290. The summed E-state index contributed by atoms with van der Waals surface area (Å²) in [6, 6.07) is 4.20. The highest BCUT2D eigenvalue weighted by Gasteiger charge is 2.53. The van der Waals surface area contributed by atoms with Gasteiger partial charge in [0.05, 0.1) is 47.5 Å². The van der Waals surface area contributed by atoms with E-state index >= 15 is 4.39 Å². The van der Waals surface area contributed by atoms with Gasteiger partial charge in [0.2, 0.25) is 5.91 Å². The number of nitrogens with one attached hydrogen (secondary N) is 1. The quantitative estimate of drug-likeness (QED) is 0.366. The summed E-state index contributed by atoms with van der Waals surface area (Å²) in [5.74, 6) is -2.28. The second kappa shape index (κ2) is 12.8. The van der Waals surface area contributed by atoms with Crippen molar-refractivity contribution < 1.29 is 28.9 Å². The summed E-state index contributed by atoms with van der Waals surface area (Å²) >= 11 is 0. The molecule has 0 radical (unpaired) electrons. The number of hydrogen-bond acceptors (Lipinski definition) is 6. The van der Waals surface area contributed by atoms with Crippen LogP contribution in [0.4, 0.5) is 4.39 Å². The van der Waals surface area contributed by atoms with Gasteiger partial charge < -0.3 is 20.3 Å². The number of allylic oxidation sites excluding steroid dienone is 2. The number of ketones is 1. The molecule has 2 saturated heterocycles. The molecule has 0 spiro atoms. The molecule has 3 N–H and O–H groups in total. The van der Waals surface area contributed by atoms with Crippen LogP contribution in [-0.4, -0.2) is 56.8 Å². The van der Waals surface area contributed by atoms with Crippen molar-refractivity contribution in [2.75, 3.05) is 0 Å². The average molecular weight is 545 g/mol. The smallest absolute Gasteiger partial charge is 0.223 e. The largest absolute Gasteiger partial charge is 0.392 e. The first kappa shape index (κ1) is 31.1. The maximum atomic E-state index is 15.5. The van der Waals surface area contributed by atoms with Gasteiger partial charge in [-0.1, -0.05) is 44.9 Å². The number of aliphatic hydroxyl groups excluding tert-OH is 2.